The van der Waals surface area contributed by atoms with Crippen LogP contribution in [0.15, 0.2) is 36.4 Å². The van der Waals surface area contributed by atoms with Gasteiger partial charge in [0.05, 0.1) is 0 Å². The Morgan fingerprint density at radius 3 is 2.23 bits per heavy atom. The molecule has 4 heteroatoms. The van der Waals surface area contributed by atoms with Gasteiger partial charge in [0, 0.05) is 0 Å². The molecule has 0 radical (unpaired) electrons. The first-order chi connectivity index (χ1) is 10.6. The molecule has 0 spiro atoms. The zero-order valence-corrected chi connectivity index (χ0v) is 13.0. The van der Waals surface area contributed by atoms with Crippen LogP contribution in [0.3, 0.4) is 0 Å². The molecule has 122 valence electrons. The van der Waals surface area contributed by atoms with Gasteiger partial charge < -0.3 is 4.74 Å². The van der Waals surface area contributed by atoms with Crippen molar-refractivity contribution in [3.05, 3.63) is 41.9 Å². The lowest BCUT2D eigenvalue weighted by Crippen LogP contribution is -2.13. The first-order valence-electron chi connectivity index (χ1n) is 8.08. The van der Waals surface area contributed by atoms with Gasteiger partial charge in [0.25, 0.3) is 0 Å². The highest BCUT2D eigenvalue weighted by Gasteiger charge is 2.22. The second-order valence-electron chi connectivity index (χ2n) is 6.07. The van der Waals surface area contributed by atoms with E-state index >= 15 is 0 Å². The molecule has 0 saturated heterocycles. The lowest BCUT2D eigenvalue weighted by Gasteiger charge is -2.28. The second-order valence-corrected chi connectivity index (χ2v) is 6.07. The third-order valence-corrected chi connectivity index (χ3v) is 4.52. The van der Waals surface area contributed by atoms with Crippen molar-refractivity contribution >= 4 is 0 Å². The van der Waals surface area contributed by atoms with Crippen molar-refractivity contribution in [2.75, 3.05) is 0 Å². The molecule has 0 aromatic heterocycles. The van der Waals surface area contributed by atoms with Crippen LogP contribution in [0.25, 0.3) is 0 Å². The Bertz CT molecular complexity index is 484. The highest BCUT2D eigenvalue weighted by atomic mass is 19.3. The summed E-state index contributed by atoms with van der Waals surface area (Å²) in [6.07, 6.45) is 6.31. The second kappa shape index (κ2) is 8.25. The molecular formula is C18H23F3O. The zero-order chi connectivity index (χ0) is 15.9. The van der Waals surface area contributed by atoms with Crippen LogP contribution in [0, 0.1) is 5.92 Å². The van der Waals surface area contributed by atoms with Gasteiger partial charge in [-0.25, -0.2) is 0 Å². The van der Waals surface area contributed by atoms with Crippen molar-refractivity contribution in [1.82, 2.24) is 0 Å². The number of rotatable bonds is 6. The summed E-state index contributed by atoms with van der Waals surface area (Å²) in [4.78, 5) is 0. The minimum atomic E-state index is -2.44. The van der Waals surface area contributed by atoms with Gasteiger partial charge in [0.2, 0.25) is 0 Å². The topological polar surface area (TPSA) is 9.23 Å². The molecule has 0 bridgehead atoms. The predicted octanol–water partition coefficient (Wildman–Crippen LogP) is 6.56. The number of halogens is 3. The number of benzene rings is 1. The monoisotopic (exact) mass is 312 g/mol. The van der Waals surface area contributed by atoms with Gasteiger partial charge in [-0.3, -0.25) is 0 Å². The van der Waals surface area contributed by atoms with E-state index in [-0.39, 0.29) is 5.75 Å². The molecule has 1 aromatic rings. The number of hydrogen-bond donors (Lipinski definition) is 0. The van der Waals surface area contributed by atoms with E-state index in [9.17, 15) is 13.2 Å². The molecule has 1 saturated carbocycles. The van der Waals surface area contributed by atoms with Crippen molar-refractivity contribution in [2.45, 2.75) is 57.8 Å². The third-order valence-electron chi connectivity index (χ3n) is 4.52. The first-order valence-corrected chi connectivity index (χ1v) is 8.08. The highest BCUT2D eigenvalue weighted by molar-refractivity contribution is 5.30. The third kappa shape index (κ3) is 4.79. The van der Waals surface area contributed by atoms with Gasteiger partial charge in [-0.05, 0) is 55.2 Å². The molecular weight excluding hydrogens is 289 g/mol. The molecule has 1 aliphatic carbocycles. The van der Waals surface area contributed by atoms with Crippen LogP contribution in [-0.4, -0.2) is 0 Å². The molecule has 22 heavy (non-hydrogen) atoms. The van der Waals surface area contributed by atoms with E-state index in [0.29, 0.717) is 5.92 Å². The Balaban J connectivity index is 1.88. The van der Waals surface area contributed by atoms with Crippen molar-refractivity contribution in [3.8, 4) is 5.75 Å². The smallest absolute Gasteiger partial charge is 0.344 e. The number of hydrogen-bond acceptors (Lipinski definition) is 1. The van der Waals surface area contributed by atoms with Gasteiger partial charge in [-0.1, -0.05) is 38.3 Å². The van der Waals surface area contributed by atoms with Gasteiger partial charge in [0.1, 0.15) is 5.75 Å². The first kappa shape index (κ1) is 16.9. The van der Waals surface area contributed by atoms with Gasteiger partial charge >= 0.3 is 12.1 Å². The largest absolute Gasteiger partial charge is 0.428 e. The Hall–Kier alpha value is -1.45. The maximum Gasteiger partial charge on any atom is 0.344 e. The molecule has 1 aromatic carbocycles. The van der Waals surface area contributed by atoms with Crippen LogP contribution in [0.5, 0.6) is 5.75 Å². The minimum absolute atomic E-state index is 0.102. The van der Waals surface area contributed by atoms with E-state index < -0.39 is 12.1 Å². The molecule has 2 rings (SSSR count). The molecule has 1 aliphatic rings. The van der Waals surface area contributed by atoms with E-state index in [1.807, 2.05) is 12.1 Å². The fraction of sp³-hybridized carbons (Fsp3) is 0.556. The van der Waals surface area contributed by atoms with Crippen molar-refractivity contribution in [1.29, 1.82) is 0 Å². The molecule has 1 fully saturated rings. The zero-order valence-electron chi connectivity index (χ0n) is 13.0. The fourth-order valence-corrected chi connectivity index (χ4v) is 3.23. The van der Waals surface area contributed by atoms with E-state index in [0.717, 1.165) is 5.92 Å². The van der Waals surface area contributed by atoms with Crippen LogP contribution in [0.1, 0.15) is 63.4 Å². The van der Waals surface area contributed by atoms with Gasteiger partial charge in [0.15, 0.2) is 0 Å². The number of ether oxygens (including phenoxy) is 1. The van der Waals surface area contributed by atoms with E-state index in [1.54, 1.807) is 12.1 Å². The Morgan fingerprint density at radius 1 is 1.05 bits per heavy atom. The van der Waals surface area contributed by atoms with Crippen LogP contribution in [0.4, 0.5) is 13.2 Å². The summed E-state index contributed by atoms with van der Waals surface area (Å²) in [6.45, 7) is 2.22. The Labute approximate surface area is 130 Å². The highest BCUT2D eigenvalue weighted by Crippen LogP contribution is 2.38. The van der Waals surface area contributed by atoms with Crippen LogP contribution in [0.2, 0.25) is 0 Å². The fourth-order valence-electron chi connectivity index (χ4n) is 3.23. The van der Waals surface area contributed by atoms with Crippen LogP contribution in [-0.2, 0) is 0 Å². The van der Waals surface area contributed by atoms with Crippen molar-refractivity contribution in [2.24, 2.45) is 5.92 Å². The maximum absolute atomic E-state index is 12.7. The summed E-state index contributed by atoms with van der Waals surface area (Å²) in [5, 5.41) is 0. The molecule has 0 aliphatic heterocycles. The molecule has 0 atom stereocenters. The Morgan fingerprint density at radius 2 is 1.68 bits per heavy atom. The lowest BCUT2D eigenvalue weighted by atomic mass is 9.77. The van der Waals surface area contributed by atoms with Gasteiger partial charge in [-0.2, -0.15) is 13.2 Å². The van der Waals surface area contributed by atoms with Gasteiger partial charge in [-0.15, -0.1) is 0 Å². The summed E-state index contributed by atoms with van der Waals surface area (Å²) >= 11 is 0. The van der Waals surface area contributed by atoms with E-state index in [4.69, 9.17) is 0 Å². The summed E-state index contributed by atoms with van der Waals surface area (Å²) in [5.41, 5.74) is 1.19. The minimum Gasteiger partial charge on any atom is -0.428 e. The maximum atomic E-state index is 12.7. The molecule has 1 nitrogen and oxygen atoms in total. The SMILES string of the molecule is CCCC[C@H]1CC[C@H](c2ccc(OC(F)=C(F)F)cc2)CC1. The number of unbranched alkanes of at least 4 members (excludes halogenated alkanes) is 1. The average Bonchev–Trinajstić information content (AvgIpc) is 2.54. The lowest BCUT2D eigenvalue weighted by molar-refractivity contribution is 0.241. The van der Waals surface area contributed by atoms with E-state index in [1.165, 1.54) is 50.5 Å². The Kier molecular flexibility index (Phi) is 6.34. The van der Waals surface area contributed by atoms with E-state index in [2.05, 4.69) is 11.7 Å². The van der Waals surface area contributed by atoms with Crippen molar-refractivity contribution < 1.29 is 17.9 Å². The average molecular weight is 312 g/mol. The quantitative estimate of drug-likeness (QED) is 0.540. The molecule has 0 N–H and O–H groups in total. The summed E-state index contributed by atoms with van der Waals surface area (Å²) < 4.78 is 41.1. The van der Waals surface area contributed by atoms with Crippen LogP contribution >= 0.6 is 0 Å². The standard InChI is InChI=1S/C18H23F3O/c1-2-3-4-13-5-7-14(8-6-13)15-9-11-16(12-10-15)22-18(21)17(19)20/h9-14H,2-8H2,1H3/t13-,14-. The van der Waals surface area contributed by atoms with Crippen LogP contribution < -0.4 is 4.74 Å². The summed E-state index contributed by atoms with van der Waals surface area (Å²) in [5.74, 6) is 1.47. The summed E-state index contributed by atoms with van der Waals surface area (Å²) in [6, 6.07) is 5.00. The van der Waals surface area contributed by atoms with Crippen molar-refractivity contribution in [3.63, 3.8) is 0 Å². The predicted molar refractivity (Wildman–Crippen MR) is 81.6 cm³/mol. The molecule has 0 heterocycles. The normalized spacial score (nSPS) is 21.5. The molecule has 0 unspecified atom stereocenters. The summed E-state index contributed by atoms with van der Waals surface area (Å²) in [7, 11) is 0. The molecule has 0 amide bonds.